The van der Waals surface area contributed by atoms with Crippen LogP contribution in [-0.4, -0.2) is 24.8 Å². The van der Waals surface area contributed by atoms with Gasteiger partial charge >= 0.3 is 0 Å². The third kappa shape index (κ3) is 12.2. The van der Waals surface area contributed by atoms with E-state index < -0.39 is 0 Å². The highest BCUT2D eigenvalue weighted by atomic mass is 16.5. The molecule has 0 radical (unpaired) electrons. The second kappa shape index (κ2) is 17.7. The minimum absolute atomic E-state index is 0.103. The summed E-state index contributed by atoms with van der Waals surface area (Å²) >= 11 is 0. The maximum atomic E-state index is 6.51. The fourth-order valence-corrected chi connectivity index (χ4v) is 4.86. The standard InChI is InChI=1S/C32H49NO2/c1-2-3-4-5-6-7-8-9-10-11-12-19-24-31(34-26-28-20-15-13-16-21-28)32(30-25-33-30)35-27-29-22-17-14-18-23-29/h13-18,20-23,30-33H,2-12,19,24-27H2,1H3/t30-,31+,32-/m0/s1. The molecule has 1 fully saturated rings. The summed E-state index contributed by atoms with van der Waals surface area (Å²) < 4.78 is 13.0. The van der Waals surface area contributed by atoms with Gasteiger partial charge in [0.2, 0.25) is 0 Å². The first-order chi connectivity index (χ1) is 17.4. The van der Waals surface area contributed by atoms with Crippen molar-refractivity contribution >= 4 is 0 Å². The molecule has 3 nitrogen and oxygen atoms in total. The molecule has 35 heavy (non-hydrogen) atoms. The van der Waals surface area contributed by atoms with Gasteiger partial charge in [-0.1, -0.05) is 145 Å². The molecule has 0 aromatic heterocycles. The smallest absolute Gasteiger partial charge is 0.101 e. The lowest BCUT2D eigenvalue weighted by molar-refractivity contribution is -0.0893. The SMILES string of the molecule is CCCCCCCCCCCCCC[C@@H](OCc1ccccc1)[C@@H](OCc1ccccc1)[C@@H]1CN1. The number of rotatable bonds is 21. The zero-order valence-electron chi connectivity index (χ0n) is 22.1. The summed E-state index contributed by atoms with van der Waals surface area (Å²) in [6.07, 6.45) is 17.8. The largest absolute Gasteiger partial charge is 0.371 e. The molecule has 1 saturated heterocycles. The Morgan fingerprint density at radius 1 is 0.657 bits per heavy atom. The fraction of sp³-hybridized carbons (Fsp3) is 0.625. The third-order valence-corrected chi connectivity index (χ3v) is 7.14. The monoisotopic (exact) mass is 479 g/mol. The fourth-order valence-electron chi connectivity index (χ4n) is 4.86. The molecule has 2 aromatic rings. The van der Waals surface area contributed by atoms with Crippen molar-refractivity contribution in [2.24, 2.45) is 0 Å². The molecule has 0 aliphatic carbocycles. The summed E-state index contributed by atoms with van der Waals surface area (Å²) in [5.74, 6) is 0. The van der Waals surface area contributed by atoms with E-state index in [1.54, 1.807) is 0 Å². The third-order valence-electron chi connectivity index (χ3n) is 7.14. The summed E-state index contributed by atoms with van der Waals surface area (Å²) in [6.45, 7) is 4.62. The summed E-state index contributed by atoms with van der Waals surface area (Å²) in [6, 6.07) is 21.5. The van der Waals surface area contributed by atoms with Gasteiger partial charge in [0.1, 0.15) is 6.10 Å². The number of ether oxygens (including phenoxy) is 2. The Hall–Kier alpha value is -1.68. The molecule has 3 rings (SSSR count). The van der Waals surface area contributed by atoms with Crippen molar-refractivity contribution in [2.75, 3.05) is 6.54 Å². The van der Waals surface area contributed by atoms with E-state index in [1.165, 1.54) is 88.2 Å². The highest BCUT2D eigenvalue weighted by molar-refractivity contribution is 5.14. The maximum absolute atomic E-state index is 6.51. The Morgan fingerprint density at radius 2 is 1.11 bits per heavy atom. The second-order valence-corrected chi connectivity index (χ2v) is 10.3. The van der Waals surface area contributed by atoms with Gasteiger partial charge in [0.05, 0.1) is 19.3 Å². The normalized spacial score (nSPS) is 16.8. The quantitative estimate of drug-likeness (QED) is 0.145. The van der Waals surface area contributed by atoms with Crippen LogP contribution in [0.1, 0.15) is 102 Å². The van der Waals surface area contributed by atoms with Gasteiger partial charge in [-0.2, -0.15) is 0 Å². The van der Waals surface area contributed by atoms with E-state index in [-0.39, 0.29) is 12.2 Å². The predicted molar refractivity (Wildman–Crippen MR) is 148 cm³/mol. The Morgan fingerprint density at radius 3 is 1.60 bits per heavy atom. The van der Waals surface area contributed by atoms with Crippen LogP contribution in [0.25, 0.3) is 0 Å². The summed E-state index contributed by atoms with van der Waals surface area (Å²) in [5.41, 5.74) is 2.46. The zero-order chi connectivity index (χ0) is 24.4. The number of hydrogen-bond donors (Lipinski definition) is 1. The molecule has 1 aliphatic rings. The van der Waals surface area contributed by atoms with Crippen molar-refractivity contribution in [2.45, 2.75) is 122 Å². The van der Waals surface area contributed by atoms with E-state index in [4.69, 9.17) is 9.47 Å². The average Bonchev–Trinajstić information content (AvgIpc) is 3.74. The van der Waals surface area contributed by atoms with Gasteiger partial charge in [-0.05, 0) is 17.5 Å². The predicted octanol–water partition coefficient (Wildman–Crippen LogP) is 8.22. The molecule has 3 atom stereocenters. The van der Waals surface area contributed by atoms with Gasteiger partial charge in [0.15, 0.2) is 0 Å². The van der Waals surface area contributed by atoms with Crippen LogP contribution in [0.4, 0.5) is 0 Å². The zero-order valence-corrected chi connectivity index (χ0v) is 22.1. The van der Waals surface area contributed by atoms with Gasteiger partial charge in [-0.25, -0.2) is 0 Å². The lowest BCUT2D eigenvalue weighted by Crippen LogP contribution is -2.37. The summed E-state index contributed by atoms with van der Waals surface area (Å²) in [4.78, 5) is 0. The van der Waals surface area contributed by atoms with E-state index in [0.29, 0.717) is 19.3 Å². The lowest BCUT2D eigenvalue weighted by Gasteiger charge is -2.27. The van der Waals surface area contributed by atoms with E-state index in [9.17, 15) is 0 Å². The minimum atomic E-state index is 0.103. The molecular formula is C32H49NO2. The van der Waals surface area contributed by atoms with Crippen LogP contribution in [0.5, 0.6) is 0 Å². The number of unbranched alkanes of at least 4 members (excludes halogenated alkanes) is 11. The van der Waals surface area contributed by atoms with Crippen LogP contribution in [0.15, 0.2) is 60.7 Å². The Bertz CT molecular complexity index is 747. The van der Waals surface area contributed by atoms with Crippen molar-refractivity contribution < 1.29 is 9.47 Å². The van der Waals surface area contributed by atoms with Crippen molar-refractivity contribution in [3.63, 3.8) is 0 Å². The number of nitrogens with one attached hydrogen (secondary N) is 1. The van der Waals surface area contributed by atoms with Crippen molar-refractivity contribution in [1.29, 1.82) is 0 Å². The Balaban J connectivity index is 1.38. The first-order valence-corrected chi connectivity index (χ1v) is 14.4. The van der Waals surface area contributed by atoms with Crippen molar-refractivity contribution in [1.82, 2.24) is 5.32 Å². The first-order valence-electron chi connectivity index (χ1n) is 14.4. The van der Waals surface area contributed by atoms with Crippen molar-refractivity contribution in [3.8, 4) is 0 Å². The topological polar surface area (TPSA) is 40.4 Å². The second-order valence-electron chi connectivity index (χ2n) is 10.3. The molecule has 0 spiro atoms. The summed E-state index contributed by atoms with van der Waals surface area (Å²) in [5, 5.41) is 3.49. The van der Waals surface area contributed by atoms with Gasteiger partial charge in [0, 0.05) is 12.6 Å². The molecule has 194 valence electrons. The average molecular weight is 480 g/mol. The Labute approximate surface area is 215 Å². The summed E-state index contributed by atoms with van der Waals surface area (Å²) in [7, 11) is 0. The van der Waals surface area contributed by atoms with Gasteiger partial charge in [-0.3, -0.25) is 0 Å². The van der Waals surface area contributed by atoms with Crippen LogP contribution in [0.2, 0.25) is 0 Å². The van der Waals surface area contributed by atoms with E-state index >= 15 is 0 Å². The molecule has 0 saturated carbocycles. The van der Waals surface area contributed by atoms with E-state index in [1.807, 2.05) is 0 Å². The highest BCUT2D eigenvalue weighted by Crippen LogP contribution is 2.23. The Kier molecular flexibility index (Phi) is 14.1. The molecule has 2 aromatic carbocycles. The molecule has 1 heterocycles. The maximum Gasteiger partial charge on any atom is 0.101 e. The number of hydrogen-bond acceptors (Lipinski definition) is 3. The molecule has 0 bridgehead atoms. The molecule has 1 aliphatic heterocycles. The van der Waals surface area contributed by atoms with Gasteiger partial charge < -0.3 is 14.8 Å². The van der Waals surface area contributed by atoms with Crippen LogP contribution in [0.3, 0.4) is 0 Å². The van der Waals surface area contributed by atoms with Gasteiger partial charge in [-0.15, -0.1) is 0 Å². The van der Waals surface area contributed by atoms with Crippen LogP contribution in [-0.2, 0) is 22.7 Å². The minimum Gasteiger partial charge on any atom is -0.371 e. The molecule has 1 N–H and O–H groups in total. The van der Waals surface area contributed by atoms with E-state index in [2.05, 4.69) is 72.9 Å². The molecule has 0 amide bonds. The number of benzene rings is 2. The van der Waals surface area contributed by atoms with E-state index in [0.717, 1.165) is 13.0 Å². The highest BCUT2D eigenvalue weighted by Gasteiger charge is 2.37. The van der Waals surface area contributed by atoms with Crippen molar-refractivity contribution in [3.05, 3.63) is 71.8 Å². The van der Waals surface area contributed by atoms with Crippen LogP contribution in [0, 0.1) is 0 Å². The van der Waals surface area contributed by atoms with Crippen LogP contribution >= 0.6 is 0 Å². The molecule has 0 unspecified atom stereocenters. The molecule has 3 heteroatoms. The van der Waals surface area contributed by atoms with Gasteiger partial charge in [0.25, 0.3) is 0 Å². The van der Waals surface area contributed by atoms with Crippen LogP contribution < -0.4 is 5.32 Å². The lowest BCUT2D eigenvalue weighted by atomic mass is 10.0. The molecular weight excluding hydrogens is 430 g/mol. The first kappa shape index (κ1) is 27.9.